The van der Waals surface area contributed by atoms with Crippen molar-refractivity contribution in [2.45, 2.75) is 56.3 Å². The average Bonchev–Trinajstić information content (AvgIpc) is 3.11. The normalized spacial score (nSPS) is 16.9. The van der Waals surface area contributed by atoms with Gasteiger partial charge >= 0.3 is 12.2 Å². The van der Waals surface area contributed by atoms with E-state index in [0.29, 0.717) is 55.5 Å². The van der Waals surface area contributed by atoms with E-state index >= 15 is 0 Å². The molecule has 10 nitrogen and oxygen atoms in total. The number of benzene rings is 2. The molecule has 0 atom stereocenters. The standard InChI is InChI=1S/C36H38F4N6O4S/c1-25-5-7-29(23-41-25)43-35(47)46(31-4-2-3-28(37)21-31)30-15-17-44(18-16-30)24-26-6-12-34(42-22-26)50-32-8-10-33(11-9-32)51(48,49)45-19-13-27(14-20-45)36(38,39)40/h2-12,21-23,27,30H,13-20,24H2,1H3,(H,43,47). The molecule has 6 rings (SSSR count). The van der Waals surface area contributed by atoms with Crippen molar-refractivity contribution in [3.8, 4) is 11.6 Å². The van der Waals surface area contributed by atoms with Crippen LogP contribution in [0.4, 0.5) is 33.7 Å². The number of amides is 2. The summed E-state index contributed by atoms with van der Waals surface area (Å²) in [7, 11) is -3.93. The fourth-order valence-electron chi connectivity index (χ4n) is 6.38. The molecular weight excluding hydrogens is 688 g/mol. The number of nitrogens with one attached hydrogen (secondary N) is 1. The molecule has 2 amide bonds. The zero-order valence-corrected chi connectivity index (χ0v) is 28.7. The van der Waals surface area contributed by atoms with Crippen LogP contribution in [0, 0.1) is 18.7 Å². The maximum absolute atomic E-state index is 14.2. The predicted octanol–water partition coefficient (Wildman–Crippen LogP) is 7.38. The third kappa shape index (κ3) is 9.01. The zero-order chi connectivity index (χ0) is 36.2. The fourth-order valence-corrected chi connectivity index (χ4v) is 7.85. The van der Waals surface area contributed by atoms with Gasteiger partial charge in [0.05, 0.1) is 22.7 Å². The van der Waals surface area contributed by atoms with Crippen molar-refractivity contribution in [1.82, 2.24) is 19.2 Å². The van der Waals surface area contributed by atoms with Crippen LogP contribution in [0.1, 0.15) is 36.9 Å². The molecule has 0 bridgehead atoms. The number of urea groups is 1. The summed E-state index contributed by atoms with van der Waals surface area (Å²) in [4.78, 5) is 26.0. The summed E-state index contributed by atoms with van der Waals surface area (Å²) in [5, 5.41) is 2.89. The molecule has 2 aromatic carbocycles. The van der Waals surface area contributed by atoms with Crippen LogP contribution in [0.3, 0.4) is 0 Å². The smallest absolute Gasteiger partial charge is 0.391 e. The Labute approximate surface area is 294 Å². The van der Waals surface area contributed by atoms with E-state index in [0.717, 1.165) is 15.6 Å². The van der Waals surface area contributed by atoms with Crippen LogP contribution in [-0.4, -0.2) is 72.0 Å². The molecule has 15 heteroatoms. The lowest BCUT2D eigenvalue weighted by atomic mass is 9.98. The topological polar surface area (TPSA) is 108 Å². The number of carbonyl (C=O) groups excluding carboxylic acids is 1. The van der Waals surface area contributed by atoms with Gasteiger partial charge in [0.1, 0.15) is 11.6 Å². The minimum absolute atomic E-state index is 0.0179. The Hall–Kier alpha value is -4.60. The van der Waals surface area contributed by atoms with E-state index in [1.807, 2.05) is 13.0 Å². The number of rotatable bonds is 9. The second-order valence-electron chi connectivity index (χ2n) is 12.8. The molecule has 2 aliphatic rings. The Bertz CT molecular complexity index is 1900. The number of carbonyl (C=O) groups is 1. The lowest BCUT2D eigenvalue weighted by molar-refractivity contribution is -0.182. The monoisotopic (exact) mass is 726 g/mol. The maximum Gasteiger partial charge on any atom is 0.391 e. The summed E-state index contributed by atoms with van der Waals surface area (Å²) in [5.74, 6) is -1.25. The first kappa shape index (κ1) is 36.2. The van der Waals surface area contributed by atoms with Gasteiger partial charge in [-0.15, -0.1) is 0 Å². The third-order valence-corrected chi connectivity index (χ3v) is 11.1. The number of aromatic nitrogens is 2. The van der Waals surface area contributed by atoms with E-state index in [-0.39, 0.29) is 42.9 Å². The number of halogens is 4. The zero-order valence-electron chi connectivity index (χ0n) is 27.9. The number of ether oxygens (including phenoxy) is 1. The minimum atomic E-state index is -4.32. The molecule has 2 fully saturated rings. The van der Waals surface area contributed by atoms with E-state index in [2.05, 4.69) is 20.2 Å². The Morgan fingerprint density at radius 3 is 2.25 bits per heavy atom. The highest BCUT2D eigenvalue weighted by molar-refractivity contribution is 7.89. The molecule has 2 saturated heterocycles. The van der Waals surface area contributed by atoms with Crippen LogP contribution >= 0.6 is 0 Å². The molecule has 1 N–H and O–H groups in total. The fraction of sp³-hybridized carbons (Fsp3) is 0.361. The van der Waals surface area contributed by atoms with Gasteiger partial charge in [0.15, 0.2) is 0 Å². The summed E-state index contributed by atoms with van der Waals surface area (Å²) in [6.07, 6.45) is -0.214. The lowest BCUT2D eigenvalue weighted by Gasteiger charge is -2.38. The van der Waals surface area contributed by atoms with E-state index in [9.17, 15) is 30.8 Å². The summed E-state index contributed by atoms with van der Waals surface area (Å²) in [5.41, 5.74) is 2.80. The Morgan fingerprint density at radius 2 is 1.65 bits per heavy atom. The molecule has 51 heavy (non-hydrogen) atoms. The highest BCUT2D eigenvalue weighted by Gasteiger charge is 2.43. The molecule has 2 aliphatic heterocycles. The van der Waals surface area contributed by atoms with Gasteiger partial charge in [-0.05, 0) is 92.8 Å². The Morgan fingerprint density at radius 1 is 0.922 bits per heavy atom. The van der Waals surface area contributed by atoms with Gasteiger partial charge in [-0.3, -0.25) is 14.8 Å². The van der Waals surface area contributed by atoms with Crippen LogP contribution in [0.15, 0.2) is 90.1 Å². The van der Waals surface area contributed by atoms with Gasteiger partial charge < -0.3 is 10.1 Å². The maximum atomic E-state index is 14.2. The molecule has 4 aromatic rings. The molecule has 2 aromatic heterocycles. The highest BCUT2D eigenvalue weighted by Crippen LogP contribution is 2.36. The summed E-state index contributed by atoms with van der Waals surface area (Å²) in [6, 6.07) is 18.4. The van der Waals surface area contributed by atoms with E-state index in [1.54, 1.807) is 47.6 Å². The number of piperidine rings is 2. The third-order valence-electron chi connectivity index (χ3n) is 9.19. The first-order valence-corrected chi connectivity index (χ1v) is 18.1. The van der Waals surface area contributed by atoms with Crippen molar-refractivity contribution < 1.29 is 35.5 Å². The highest BCUT2D eigenvalue weighted by atomic mass is 32.2. The van der Waals surface area contributed by atoms with E-state index < -0.39 is 27.9 Å². The van der Waals surface area contributed by atoms with Crippen LogP contribution in [-0.2, 0) is 16.6 Å². The van der Waals surface area contributed by atoms with Crippen LogP contribution in [0.25, 0.3) is 0 Å². The number of nitrogens with zero attached hydrogens (tertiary/aromatic N) is 5. The Kier molecular flexibility index (Phi) is 10.9. The SMILES string of the molecule is Cc1ccc(NC(=O)N(c2cccc(F)c2)C2CCN(Cc3ccc(Oc4ccc(S(=O)(=O)N5CCC(C(F)(F)F)CC5)cc4)nc3)CC2)cn1. The van der Waals surface area contributed by atoms with Crippen molar-refractivity contribution in [3.63, 3.8) is 0 Å². The van der Waals surface area contributed by atoms with Crippen LogP contribution in [0.5, 0.6) is 11.6 Å². The van der Waals surface area contributed by atoms with Crippen molar-refractivity contribution in [2.24, 2.45) is 5.92 Å². The number of alkyl halides is 3. The van der Waals surface area contributed by atoms with Gasteiger partial charge in [-0.2, -0.15) is 17.5 Å². The minimum Gasteiger partial charge on any atom is -0.439 e. The summed E-state index contributed by atoms with van der Waals surface area (Å²) >= 11 is 0. The number of anilines is 2. The second-order valence-corrected chi connectivity index (χ2v) is 14.7. The molecule has 4 heterocycles. The van der Waals surface area contributed by atoms with Gasteiger partial charge in [-0.1, -0.05) is 12.1 Å². The first-order valence-electron chi connectivity index (χ1n) is 16.7. The lowest BCUT2D eigenvalue weighted by Crippen LogP contribution is -2.49. The molecular formula is C36H38F4N6O4S. The van der Waals surface area contributed by atoms with Crippen molar-refractivity contribution in [2.75, 3.05) is 36.4 Å². The predicted molar refractivity (Wildman–Crippen MR) is 183 cm³/mol. The van der Waals surface area contributed by atoms with Gasteiger partial charge in [-0.25, -0.2) is 22.6 Å². The van der Waals surface area contributed by atoms with E-state index in [4.69, 9.17) is 4.74 Å². The van der Waals surface area contributed by atoms with Crippen LogP contribution in [0.2, 0.25) is 0 Å². The van der Waals surface area contributed by atoms with Gasteiger partial charge in [0.2, 0.25) is 15.9 Å². The molecule has 0 aliphatic carbocycles. The molecule has 0 radical (unpaired) electrons. The molecule has 0 unspecified atom stereocenters. The number of likely N-dealkylation sites (tertiary alicyclic amines) is 1. The first-order chi connectivity index (χ1) is 24.3. The molecule has 0 saturated carbocycles. The largest absolute Gasteiger partial charge is 0.439 e. The number of hydrogen-bond acceptors (Lipinski definition) is 7. The van der Waals surface area contributed by atoms with Crippen molar-refractivity contribution in [3.05, 3.63) is 102 Å². The average molecular weight is 727 g/mol. The number of aryl methyl sites for hydroxylation is 1. The van der Waals surface area contributed by atoms with Gasteiger partial charge in [0.25, 0.3) is 0 Å². The molecule has 270 valence electrons. The molecule has 0 spiro atoms. The van der Waals surface area contributed by atoms with E-state index in [1.165, 1.54) is 36.4 Å². The Balaban J connectivity index is 1.02. The quantitative estimate of drug-likeness (QED) is 0.179. The second kappa shape index (κ2) is 15.3. The van der Waals surface area contributed by atoms with Gasteiger partial charge in [0, 0.05) is 62.4 Å². The van der Waals surface area contributed by atoms with Crippen molar-refractivity contribution in [1.29, 1.82) is 0 Å². The summed E-state index contributed by atoms with van der Waals surface area (Å²) < 4.78 is 86.1. The van der Waals surface area contributed by atoms with Crippen molar-refractivity contribution >= 4 is 27.4 Å². The number of pyridine rings is 2. The van der Waals surface area contributed by atoms with Crippen LogP contribution < -0.4 is 15.0 Å². The summed E-state index contributed by atoms with van der Waals surface area (Å²) in [6.45, 7) is 3.51. The number of sulfonamides is 1. The number of hydrogen-bond donors (Lipinski definition) is 1.